The van der Waals surface area contributed by atoms with E-state index in [1.165, 1.54) is 0 Å². The molecule has 0 radical (unpaired) electrons. The first-order chi connectivity index (χ1) is 11.1. The second kappa shape index (κ2) is 8.56. The highest BCUT2D eigenvalue weighted by Crippen LogP contribution is 2.28. The number of ether oxygens (including phenoxy) is 2. The van der Waals surface area contributed by atoms with Gasteiger partial charge in [0, 0.05) is 12.6 Å². The Hall–Kier alpha value is -2.04. The minimum absolute atomic E-state index is 0.242. The van der Waals surface area contributed by atoms with Crippen LogP contribution in [0.2, 0.25) is 0 Å². The van der Waals surface area contributed by atoms with E-state index in [1.807, 2.05) is 48.5 Å². The first kappa shape index (κ1) is 17.3. The molecule has 0 aliphatic carbocycles. The number of aliphatic hydroxyl groups excluding tert-OH is 1. The first-order valence-corrected chi connectivity index (χ1v) is 7.81. The Kier molecular flexibility index (Phi) is 6.44. The lowest BCUT2D eigenvalue weighted by Crippen LogP contribution is -2.32. The lowest BCUT2D eigenvalue weighted by atomic mass is 10.1. The third-order valence-corrected chi connectivity index (χ3v) is 3.83. The number of methoxy groups -OCH3 is 2. The van der Waals surface area contributed by atoms with Crippen LogP contribution >= 0.6 is 0 Å². The van der Waals surface area contributed by atoms with Crippen molar-refractivity contribution in [3.8, 4) is 11.5 Å². The van der Waals surface area contributed by atoms with E-state index >= 15 is 0 Å². The largest absolute Gasteiger partial charge is 0.493 e. The maximum absolute atomic E-state index is 10.2. The normalized spacial score (nSPS) is 13.4. The molecule has 124 valence electrons. The van der Waals surface area contributed by atoms with Crippen LogP contribution < -0.4 is 14.8 Å². The molecule has 0 saturated carbocycles. The molecule has 2 N–H and O–H groups in total. The summed E-state index contributed by atoms with van der Waals surface area (Å²) in [5.41, 5.74) is 2.09. The molecule has 0 amide bonds. The van der Waals surface area contributed by atoms with E-state index < -0.39 is 6.10 Å². The minimum Gasteiger partial charge on any atom is -0.493 e. The molecule has 0 aliphatic rings. The zero-order valence-electron chi connectivity index (χ0n) is 14.0. The summed E-state index contributed by atoms with van der Waals surface area (Å²) in [6, 6.07) is 15.9. The van der Waals surface area contributed by atoms with Crippen molar-refractivity contribution in [2.45, 2.75) is 25.5 Å². The fourth-order valence-electron chi connectivity index (χ4n) is 2.54. The molecule has 4 heteroatoms. The summed E-state index contributed by atoms with van der Waals surface area (Å²) in [6.07, 6.45) is 0.353. The van der Waals surface area contributed by atoms with Crippen LogP contribution in [0.5, 0.6) is 11.5 Å². The van der Waals surface area contributed by atoms with Crippen molar-refractivity contribution < 1.29 is 14.6 Å². The minimum atomic E-state index is -0.496. The molecule has 0 aliphatic heterocycles. The summed E-state index contributed by atoms with van der Waals surface area (Å²) in [6.45, 7) is 2.63. The van der Waals surface area contributed by atoms with Crippen LogP contribution in [-0.4, -0.2) is 31.9 Å². The van der Waals surface area contributed by atoms with Gasteiger partial charge in [0.2, 0.25) is 0 Å². The van der Waals surface area contributed by atoms with Gasteiger partial charge in [-0.05, 0) is 36.6 Å². The van der Waals surface area contributed by atoms with Gasteiger partial charge in [-0.2, -0.15) is 0 Å². The summed E-state index contributed by atoms with van der Waals surface area (Å²) in [5, 5.41) is 13.6. The fraction of sp³-hybridized carbons (Fsp3) is 0.368. The molecule has 2 aromatic rings. The highest BCUT2D eigenvalue weighted by Gasteiger charge is 2.11. The van der Waals surface area contributed by atoms with Crippen molar-refractivity contribution >= 4 is 0 Å². The quantitative estimate of drug-likeness (QED) is 0.786. The Morgan fingerprint density at radius 2 is 1.70 bits per heavy atom. The van der Waals surface area contributed by atoms with Gasteiger partial charge >= 0.3 is 0 Å². The Bertz CT molecular complexity index is 601. The SMILES string of the molecule is COc1ccc(CC(C)NC[C@H](O)c2ccccc2)cc1OC. The molecule has 1 unspecified atom stereocenters. The van der Waals surface area contributed by atoms with Gasteiger partial charge in [-0.3, -0.25) is 0 Å². The van der Waals surface area contributed by atoms with E-state index in [0.717, 1.165) is 29.0 Å². The molecule has 23 heavy (non-hydrogen) atoms. The zero-order chi connectivity index (χ0) is 16.7. The number of rotatable bonds is 8. The molecule has 2 atom stereocenters. The standard InChI is InChI=1S/C19H25NO3/c1-14(20-13-17(21)16-7-5-4-6-8-16)11-15-9-10-18(22-2)19(12-15)23-3/h4-10,12,14,17,20-21H,11,13H2,1-3H3/t14?,17-/m0/s1. The predicted octanol–water partition coefficient (Wildman–Crippen LogP) is 2.96. The summed E-state index contributed by atoms with van der Waals surface area (Å²) in [7, 11) is 3.27. The first-order valence-electron chi connectivity index (χ1n) is 7.81. The third-order valence-electron chi connectivity index (χ3n) is 3.83. The van der Waals surface area contributed by atoms with Crippen molar-refractivity contribution in [1.82, 2.24) is 5.32 Å². The van der Waals surface area contributed by atoms with E-state index in [-0.39, 0.29) is 6.04 Å². The second-order valence-corrected chi connectivity index (χ2v) is 5.63. The fourth-order valence-corrected chi connectivity index (χ4v) is 2.54. The highest BCUT2D eigenvalue weighted by molar-refractivity contribution is 5.43. The Labute approximate surface area is 138 Å². The van der Waals surface area contributed by atoms with Crippen LogP contribution in [0.25, 0.3) is 0 Å². The number of aliphatic hydroxyl groups is 1. The Morgan fingerprint density at radius 3 is 2.35 bits per heavy atom. The summed E-state index contributed by atoms with van der Waals surface area (Å²) >= 11 is 0. The predicted molar refractivity (Wildman–Crippen MR) is 92.1 cm³/mol. The Morgan fingerprint density at radius 1 is 1.00 bits per heavy atom. The van der Waals surface area contributed by atoms with Gasteiger partial charge in [-0.15, -0.1) is 0 Å². The van der Waals surface area contributed by atoms with Crippen molar-refractivity contribution in [3.05, 3.63) is 59.7 Å². The molecule has 0 fully saturated rings. The van der Waals surface area contributed by atoms with Crippen molar-refractivity contribution in [1.29, 1.82) is 0 Å². The van der Waals surface area contributed by atoms with Gasteiger partial charge in [0.05, 0.1) is 20.3 Å². The number of nitrogens with one attached hydrogen (secondary N) is 1. The summed E-state index contributed by atoms with van der Waals surface area (Å²) in [5.74, 6) is 1.47. The van der Waals surface area contributed by atoms with Crippen LogP contribution in [0.3, 0.4) is 0 Å². The summed E-state index contributed by atoms with van der Waals surface area (Å²) in [4.78, 5) is 0. The molecule has 0 heterocycles. The van der Waals surface area contributed by atoms with E-state index in [0.29, 0.717) is 6.54 Å². The van der Waals surface area contributed by atoms with Crippen LogP contribution in [0.1, 0.15) is 24.2 Å². The van der Waals surface area contributed by atoms with Crippen molar-refractivity contribution in [3.63, 3.8) is 0 Å². The number of benzene rings is 2. The van der Waals surface area contributed by atoms with Crippen LogP contribution in [-0.2, 0) is 6.42 Å². The monoisotopic (exact) mass is 315 g/mol. The van der Waals surface area contributed by atoms with Gasteiger partial charge in [-0.25, -0.2) is 0 Å². The molecule has 0 spiro atoms. The number of hydrogen-bond donors (Lipinski definition) is 2. The molecule has 4 nitrogen and oxygen atoms in total. The van der Waals surface area contributed by atoms with Gasteiger partial charge in [0.1, 0.15) is 0 Å². The van der Waals surface area contributed by atoms with Gasteiger partial charge in [0.25, 0.3) is 0 Å². The molecule has 0 aromatic heterocycles. The third kappa shape index (κ3) is 4.98. The van der Waals surface area contributed by atoms with Crippen molar-refractivity contribution in [2.75, 3.05) is 20.8 Å². The van der Waals surface area contributed by atoms with Gasteiger partial charge < -0.3 is 19.9 Å². The van der Waals surface area contributed by atoms with Crippen molar-refractivity contribution in [2.24, 2.45) is 0 Å². The molecular weight excluding hydrogens is 290 g/mol. The zero-order valence-corrected chi connectivity index (χ0v) is 14.0. The van der Waals surface area contributed by atoms with Crippen LogP contribution in [0.15, 0.2) is 48.5 Å². The van der Waals surface area contributed by atoms with E-state index in [1.54, 1.807) is 14.2 Å². The second-order valence-electron chi connectivity index (χ2n) is 5.63. The number of hydrogen-bond acceptors (Lipinski definition) is 4. The maximum Gasteiger partial charge on any atom is 0.160 e. The maximum atomic E-state index is 10.2. The average Bonchev–Trinajstić information content (AvgIpc) is 2.60. The molecule has 0 bridgehead atoms. The van der Waals surface area contributed by atoms with E-state index in [9.17, 15) is 5.11 Å². The molecular formula is C19H25NO3. The lowest BCUT2D eigenvalue weighted by Gasteiger charge is -2.18. The van der Waals surface area contributed by atoms with Gasteiger partial charge in [-0.1, -0.05) is 36.4 Å². The molecule has 2 aromatic carbocycles. The topological polar surface area (TPSA) is 50.7 Å². The Balaban J connectivity index is 1.88. The molecule has 2 rings (SSSR count). The lowest BCUT2D eigenvalue weighted by molar-refractivity contribution is 0.170. The average molecular weight is 315 g/mol. The van der Waals surface area contributed by atoms with Crippen LogP contribution in [0.4, 0.5) is 0 Å². The molecule has 0 saturated heterocycles. The highest BCUT2D eigenvalue weighted by atomic mass is 16.5. The van der Waals surface area contributed by atoms with Gasteiger partial charge in [0.15, 0.2) is 11.5 Å². The van der Waals surface area contributed by atoms with E-state index in [4.69, 9.17) is 9.47 Å². The van der Waals surface area contributed by atoms with E-state index in [2.05, 4.69) is 12.2 Å². The smallest absolute Gasteiger partial charge is 0.160 e. The summed E-state index contributed by atoms with van der Waals surface area (Å²) < 4.78 is 10.6. The van der Waals surface area contributed by atoms with Crippen LogP contribution in [0, 0.1) is 0 Å².